The molecule has 0 amide bonds. The van der Waals surface area contributed by atoms with Gasteiger partial charge in [-0.25, -0.2) is 0 Å². The van der Waals surface area contributed by atoms with Crippen molar-refractivity contribution in [3.8, 4) is 0 Å². The standard InChI is InChI=1S/C8H9Cl3/c1-5(6(2)9)4-8(11)7(3)10/h4H,3H2,1-2H3/b6-5+,8-4+. The molecule has 0 aromatic rings. The molecular weight excluding hydrogens is 202 g/mol. The van der Waals surface area contributed by atoms with Crippen molar-refractivity contribution in [3.63, 3.8) is 0 Å². The van der Waals surface area contributed by atoms with Crippen LogP contribution in [-0.4, -0.2) is 0 Å². The Morgan fingerprint density at radius 3 is 1.91 bits per heavy atom. The summed E-state index contributed by atoms with van der Waals surface area (Å²) in [5.41, 5.74) is 0.887. The van der Waals surface area contributed by atoms with E-state index >= 15 is 0 Å². The van der Waals surface area contributed by atoms with Gasteiger partial charge in [0.05, 0.1) is 10.1 Å². The highest BCUT2D eigenvalue weighted by Gasteiger charge is 1.96. The van der Waals surface area contributed by atoms with E-state index in [0.29, 0.717) is 15.1 Å². The number of allylic oxidation sites excluding steroid dienone is 5. The first-order chi connectivity index (χ1) is 4.95. The van der Waals surface area contributed by atoms with Crippen molar-refractivity contribution in [1.82, 2.24) is 0 Å². The lowest BCUT2D eigenvalue weighted by molar-refractivity contribution is 1.44. The van der Waals surface area contributed by atoms with Gasteiger partial charge in [-0.2, -0.15) is 0 Å². The average molecular weight is 212 g/mol. The Hall–Kier alpha value is 0.0900. The van der Waals surface area contributed by atoms with E-state index in [9.17, 15) is 0 Å². The third kappa shape index (κ3) is 4.52. The third-order valence-electron chi connectivity index (χ3n) is 1.15. The molecule has 0 nitrogen and oxygen atoms in total. The van der Waals surface area contributed by atoms with Gasteiger partial charge in [0.15, 0.2) is 0 Å². The molecule has 11 heavy (non-hydrogen) atoms. The quantitative estimate of drug-likeness (QED) is 0.594. The second kappa shape index (κ2) is 4.87. The summed E-state index contributed by atoms with van der Waals surface area (Å²) in [6, 6.07) is 0. The molecule has 0 bridgehead atoms. The van der Waals surface area contributed by atoms with E-state index in [1.54, 1.807) is 13.0 Å². The highest BCUT2D eigenvalue weighted by atomic mass is 35.5. The van der Waals surface area contributed by atoms with Crippen molar-refractivity contribution in [2.24, 2.45) is 0 Å². The first-order valence-corrected chi connectivity index (χ1v) is 4.13. The largest absolute Gasteiger partial charge is 0.0892 e. The van der Waals surface area contributed by atoms with Crippen LogP contribution in [0.1, 0.15) is 13.8 Å². The van der Waals surface area contributed by atoms with Gasteiger partial charge in [0.25, 0.3) is 0 Å². The zero-order valence-electron chi connectivity index (χ0n) is 6.42. The maximum absolute atomic E-state index is 5.69. The van der Waals surface area contributed by atoms with Crippen molar-refractivity contribution in [2.45, 2.75) is 13.8 Å². The number of rotatable bonds is 2. The third-order valence-corrected chi connectivity index (χ3v) is 2.08. The van der Waals surface area contributed by atoms with Gasteiger partial charge < -0.3 is 0 Å². The summed E-state index contributed by atoms with van der Waals surface area (Å²) in [7, 11) is 0. The Kier molecular flexibility index (Phi) is 4.91. The molecule has 0 atom stereocenters. The SMILES string of the molecule is C=C(Cl)/C(Cl)=C\C(C)=C(/C)Cl. The molecule has 3 heteroatoms. The number of halogens is 3. The molecule has 0 fully saturated rings. The molecule has 0 aromatic heterocycles. The minimum atomic E-state index is 0.323. The molecule has 0 rings (SSSR count). The predicted octanol–water partition coefficient (Wildman–Crippen LogP) is 4.39. The van der Waals surface area contributed by atoms with Crippen LogP contribution in [0.15, 0.2) is 33.3 Å². The molecular formula is C8H9Cl3. The fourth-order valence-corrected chi connectivity index (χ4v) is 0.641. The molecule has 0 N–H and O–H groups in total. The van der Waals surface area contributed by atoms with Gasteiger partial charge in [0.1, 0.15) is 0 Å². The lowest BCUT2D eigenvalue weighted by atomic mass is 10.2. The van der Waals surface area contributed by atoms with E-state index in [2.05, 4.69) is 6.58 Å². The molecule has 0 aliphatic rings. The molecule has 0 aromatic carbocycles. The maximum atomic E-state index is 5.69. The maximum Gasteiger partial charge on any atom is 0.0589 e. The first-order valence-electron chi connectivity index (χ1n) is 3.00. The van der Waals surface area contributed by atoms with Gasteiger partial charge >= 0.3 is 0 Å². The van der Waals surface area contributed by atoms with Crippen LogP contribution in [0.2, 0.25) is 0 Å². The fourth-order valence-electron chi connectivity index (χ4n) is 0.368. The van der Waals surface area contributed by atoms with Crippen LogP contribution in [0.5, 0.6) is 0 Å². The van der Waals surface area contributed by atoms with Crippen molar-refractivity contribution in [3.05, 3.63) is 33.3 Å². The van der Waals surface area contributed by atoms with E-state index in [-0.39, 0.29) is 0 Å². The smallest absolute Gasteiger partial charge is 0.0589 e. The minimum Gasteiger partial charge on any atom is -0.0892 e. The van der Waals surface area contributed by atoms with Gasteiger partial charge in [0, 0.05) is 5.03 Å². The number of hydrogen-bond acceptors (Lipinski definition) is 0. The summed E-state index contributed by atoms with van der Waals surface area (Å²) in [5.74, 6) is 0. The van der Waals surface area contributed by atoms with Gasteiger partial charge in [-0.15, -0.1) is 0 Å². The Bertz CT molecular complexity index is 219. The topological polar surface area (TPSA) is 0 Å². The summed E-state index contributed by atoms with van der Waals surface area (Å²) in [5, 5.41) is 1.44. The van der Waals surface area contributed by atoms with Crippen molar-refractivity contribution in [2.75, 3.05) is 0 Å². The molecule has 0 saturated carbocycles. The summed E-state index contributed by atoms with van der Waals surface area (Å²) >= 11 is 16.9. The lowest BCUT2D eigenvalue weighted by Crippen LogP contribution is -1.75. The van der Waals surface area contributed by atoms with Crippen LogP contribution >= 0.6 is 34.8 Å². The Morgan fingerprint density at radius 2 is 1.64 bits per heavy atom. The molecule has 0 radical (unpaired) electrons. The van der Waals surface area contributed by atoms with Gasteiger partial charge in [-0.3, -0.25) is 0 Å². The highest BCUT2D eigenvalue weighted by molar-refractivity contribution is 6.43. The minimum absolute atomic E-state index is 0.323. The van der Waals surface area contributed by atoms with Crippen LogP contribution in [0, 0.1) is 0 Å². The molecule has 0 aliphatic heterocycles. The van der Waals surface area contributed by atoms with E-state index in [1.165, 1.54) is 0 Å². The summed E-state index contributed by atoms with van der Waals surface area (Å²) in [4.78, 5) is 0. The monoisotopic (exact) mass is 210 g/mol. The van der Waals surface area contributed by atoms with Crippen LogP contribution in [0.3, 0.4) is 0 Å². The zero-order chi connectivity index (χ0) is 9.02. The van der Waals surface area contributed by atoms with Crippen LogP contribution in [0.4, 0.5) is 0 Å². The van der Waals surface area contributed by atoms with Gasteiger partial charge in [-0.05, 0) is 25.5 Å². The average Bonchev–Trinajstić information content (AvgIpc) is 1.87. The van der Waals surface area contributed by atoms with E-state index in [4.69, 9.17) is 34.8 Å². The summed E-state index contributed by atoms with van der Waals surface area (Å²) in [6.45, 7) is 7.10. The van der Waals surface area contributed by atoms with Crippen LogP contribution in [-0.2, 0) is 0 Å². The Labute approximate surface area is 82.1 Å². The van der Waals surface area contributed by atoms with Gasteiger partial charge in [0.2, 0.25) is 0 Å². The Balaban J connectivity index is 4.58. The second-order valence-electron chi connectivity index (χ2n) is 2.11. The molecule has 0 heterocycles. The van der Waals surface area contributed by atoms with Crippen LogP contribution in [0.25, 0.3) is 0 Å². The lowest BCUT2D eigenvalue weighted by Gasteiger charge is -1.96. The molecule has 0 unspecified atom stereocenters. The van der Waals surface area contributed by atoms with E-state index in [0.717, 1.165) is 5.57 Å². The normalized spacial score (nSPS) is 14.5. The van der Waals surface area contributed by atoms with Gasteiger partial charge in [-0.1, -0.05) is 41.4 Å². The van der Waals surface area contributed by atoms with E-state index in [1.807, 2.05) is 6.92 Å². The predicted molar refractivity (Wildman–Crippen MR) is 53.2 cm³/mol. The highest BCUT2D eigenvalue weighted by Crippen LogP contribution is 2.20. The number of hydrogen-bond donors (Lipinski definition) is 0. The first kappa shape index (κ1) is 11.1. The van der Waals surface area contributed by atoms with Crippen molar-refractivity contribution >= 4 is 34.8 Å². The summed E-state index contributed by atoms with van der Waals surface area (Å²) < 4.78 is 0. The molecule has 0 aliphatic carbocycles. The summed E-state index contributed by atoms with van der Waals surface area (Å²) in [6.07, 6.45) is 1.68. The molecule has 0 spiro atoms. The van der Waals surface area contributed by atoms with Crippen molar-refractivity contribution in [1.29, 1.82) is 0 Å². The molecule has 0 saturated heterocycles. The fraction of sp³-hybridized carbons (Fsp3) is 0.250. The van der Waals surface area contributed by atoms with Crippen molar-refractivity contribution < 1.29 is 0 Å². The zero-order valence-corrected chi connectivity index (χ0v) is 8.69. The second-order valence-corrected chi connectivity index (χ2v) is 3.54. The Morgan fingerprint density at radius 1 is 1.18 bits per heavy atom. The van der Waals surface area contributed by atoms with Crippen LogP contribution < -0.4 is 0 Å². The van der Waals surface area contributed by atoms with E-state index < -0.39 is 0 Å². The molecule has 62 valence electrons.